The first-order valence-electron chi connectivity index (χ1n) is 9.16. The van der Waals surface area contributed by atoms with Crippen molar-refractivity contribution >= 4 is 5.91 Å². The number of amides is 1. The molecule has 5 nitrogen and oxygen atoms in total. The Morgan fingerprint density at radius 1 is 1.30 bits per heavy atom. The number of aromatic amines is 1. The van der Waals surface area contributed by atoms with E-state index >= 15 is 0 Å². The fourth-order valence-electron chi connectivity index (χ4n) is 4.07. The first-order valence-corrected chi connectivity index (χ1v) is 9.16. The van der Waals surface area contributed by atoms with Crippen LogP contribution in [0.4, 0.5) is 13.2 Å². The molecule has 0 aliphatic carbocycles. The van der Waals surface area contributed by atoms with Crippen LogP contribution in [0, 0.1) is 0 Å². The maximum absolute atomic E-state index is 13.4. The molecule has 1 aromatic heterocycles. The highest BCUT2D eigenvalue weighted by molar-refractivity contribution is 5.95. The molecule has 0 radical (unpaired) electrons. The van der Waals surface area contributed by atoms with Gasteiger partial charge < -0.3 is 10.2 Å². The van der Waals surface area contributed by atoms with E-state index in [0.29, 0.717) is 24.1 Å². The molecule has 1 amide bonds. The molecule has 27 heavy (non-hydrogen) atoms. The molecule has 1 saturated heterocycles. The zero-order chi connectivity index (χ0) is 19.0. The van der Waals surface area contributed by atoms with Gasteiger partial charge >= 0.3 is 6.18 Å². The summed E-state index contributed by atoms with van der Waals surface area (Å²) in [7, 11) is 0. The highest BCUT2D eigenvalue weighted by Crippen LogP contribution is 2.36. The van der Waals surface area contributed by atoms with Crippen LogP contribution in [0.2, 0.25) is 0 Å². The summed E-state index contributed by atoms with van der Waals surface area (Å²) in [5.74, 6) is -0.0880. The zero-order valence-corrected chi connectivity index (χ0v) is 14.8. The normalized spacial score (nSPS) is 20.4. The van der Waals surface area contributed by atoms with Crippen LogP contribution in [0.5, 0.6) is 0 Å². The molecule has 2 N–H and O–H groups in total. The number of nitrogens with one attached hydrogen (secondary N) is 2. The van der Waals surface area contributed by atoms with Crippen LogP contribution >= 0.6 is 0 Å². The van der Waals surface area contributed by atoms with Crippen LogP contribution in [0.1, 0.15) is 51.5 Å². The van der Waals surface area contributed by atoms with Gasteiger partial charge in [0, 0.05) is 25.6 Å². The van der Waals surface area contributed by atoms with Crippen LogP contribution in [-0.2, 0) is 19.1 Å². The lowest BCUT2D eigenvalue weighted by atomic mass is 9.92. The zero-order valence-electron chi connectivity index (χ0n) is 14.8. The van der Waals surface area contributed by atoms with Crippen molar-refractivity contribution in [1.82, 2.24) is 20.4 Å². The Balaban J connectivity index is 1.60. The number of aromatic nitrogens is 2. The maximum atomic E-state index is 13.4. The van der Waals surface area contributed by atoms with Gasteiger partial charge in [0.1, 0.15) is 0 Å². The predicted molar refractivity (Wildman–Crippen MR) is 93.3 cm³/mol. The Hall–Kier alpha value is -2.35. The number of hydrogen-bond donors (Lipinski definition) is 2. The second kappa shape index (κ2) is 6.99. The van der Waals surface area contributed by atoms with Crippen LogP contribution in [0.3, 0.4) is 0 Å². The molecule has 144 valence electrons. The van der Waals surface area contributed by atoms with E-state index in [1.54, 1.807) is 6.07 Å². The fourth-order valence-corrected chi connectivity index (χ4v) is 4.07. The Morgan fingerprint density at radius 3 is 2.89 bits per heavy atom. The van der Waals surface area contributed by atoms with Crippen molar-refractivity contribution in [2.24, 2.45) is 0 Å². The lowest BCUT2D eigenvalue weighted by molar-refractivity contribution is -0.138. The summed E-state index contributed by atoms with van der Waals surface area (Å²) in [5.41, 5.74) is 1.46. The van der Waals surface area contributed by atoms with Crippen molar-refractivity contribution in [2.75, 3.05) is 19.6 Å². The van der Waals surface area contributed by atoms with Gasteiger partial charge in [0.25, 0.3) is 5.91 Å². The number of H-pyrrole nitrogens is 1. The number of halogens is 3. The van der Waals surface area contributed by atoms with Gasteiger partial charge in [-0.2, -0.15) is 18.3 Å². The van der Waals surface area contributed by atoms with Gasteiger partial charge in [-0.15, -0.1) is 0 Å². The van der Waals surface area contributed by atoms with Crippen molar-refractivity contribution in [3.63, 3.8) is 0 Å². The first kappa shape index (κ1) is 18.0. The summed E-state index contributed by atoms with van der Waals surface area (Å²) < 4.78 is 40.1. The van der Waals surface area contributed by atoms with E-state index in [1.807, 2.05) is 0 Å². The van der Waals surface area contributed by atoms with Gasteiger partial charge in [-0.25, -0.2) is 0 Å². The third-order valence-corrected chi connectivity index (χ3v) is 5.47. The van der Waals surface area contributed by atoms with Gasteiger partial charge in [-0.1, -0.05) is 12.1 Å². The standard InChI is InChI=1S/C19H21F3N4O/c20-19(21,22)16-5-1-3-12-6-8-26(11-15(12)16)18(27)14-10-24-25-17(14)13-4-2-7-23-9-13/h1,3,5,10,13,23H,2,4,6-9,11H2,(H,24,25). The number of piperidine rings is 1. The van der Waals surface area contributed by atoms with E-state index in [1.165, 1.54) is 17.2 Å². The van der Waals surface area contributed by atoms with Gasteiger partial charge in [0.15, 0.2) is 0 Å². The minimum absolute atomic E-state index is 0.0304. The molecule has 2 aliphatic rings. The second-order valence-electron chi connectivity index (χ2n) is 7.16. The smallest absolute Gasteiger partial charge is 0.334 e. The Morgan fingerprint density at radius 2 is 2.15 bits per heavy atom. The molecule has 0 saturated carbocycles. The maximum Gasteiger partial charge on any atom is 0.416 e. The van der Waals surface area contributed by atoms with Crippen LogP contribution in [-0.4, -0.2) is 40.6 Å². The molecule has 3 heterocycles. The molecule has 4 rings (SSSR count). The number of hydrogen-bond acceptors (Lipinski definition) is 3. The van der Waals surface area contributed by atoms with Gasteiger partial charge in [0.2, 0.25) is 0 Å². The molecule has 8 heteroatoms. The van der Waals surface area contributed by atoms with Gasteiger partial charge in [-0.3, -0.25) is 9.89 Å². The topological polar surface area (TPSA) is 61.0 Å². The molecule has 1 aromatic carbocycles. The average molecular weight is 378 g/mol. The second-order valence-corrected chi connectivity index (χ2v) is 7.16. The monoisotopic (exact) mass is 378 g/mol. The molecular weight excluding hydrogens is 357 g/mol. The molecule has 0 bridgehead atoms. The summed E-state index contributed by atoms with van der Waals surface area (Å²) in [6.45, 7) is 2.10. The lowest BCUT2D eigenvalue weighted by Crippen LogP contribution is -2.38. The first-order chi connectivity index (χ1) is 12.9. The summed E-state index contributed by atoms with van der Waals surface area (Å²) in [5, 5.41) is 10.3. The number of carbonyl (C=O) groups excluding carboxylic acids is 1. The van der Waals surface area contributed by atoms with E-state index in [2.05, 4.69) is 15.5 Å². The third-order valence-electron chi connectivity index (χ3n) is 5.47. The number of fused-ring (bicyclic) bond motifs is 1. The molecular formula is C19H21F3N4O. The van der Waals surface area contributed by atoms with E-state index in [9.17, 15) is 18.0 Å². The SMILES string of the molecule is O=C(c1cn[nH]c1C1CCCNC1)N1CCc2cccc(C(F)(F)F)c2C1. The Labute approximate surface area is 154 Å². The summed E-state index contributed by atoms with van der Waals surface area (Å²) in [6.07, 6.45) is -0.535. The van der Waals surface area contributed by atoms with Crippen molar-refractivity contribution in [3.8, 4) is 0 Å². The number of benzene rings is 1. The molecule has 1 unspecified atom stereocenters. The van der Waals surface area contributed by atoms with E-state index < -0.39 is 11.7 Å². The Kier molecular flexibility index (Phi) is 4.67. The average Bonchev–Trinajstić information content (AvgIpc) is 3.16. The molecule has 0 spiro atoms. The summed E-state index contributed by atoms with van der Waals surface area (Å²) >= 11 is 0. The number of alkyl halides is 3. The van der Waals surface area contributed by atoms with Crippen LogP contribution < -0.4 is 5.32 Å². The number of nitrogens with zero attached hydrogens (tertiary/aromatic N) is 2. The predicted octanol–water partition coefficient (Wildman–Crippen LogP) is 3.09. The molecule has 1 atom stereocenters. The van der Waals surface area contributed by atoms with Crippen LogP contribution in [0.15, 0.2) is 24.4 Å². The Bertz CT molecular complexity index is 840. The molecule has 2 aromatic rings. The van der Waals surface area contributed by atoms with Crippen molar-refractivity contribution in [3.05, 3.63) is 52.3 Å². The number of carbonyl (C=O) groups is 1. The van der Waals surface area contributed by atoms with E-state index in [0.717, 1.165) is 37.7 Å². The highest BCUT2D eigenvalue weighted by Gasteiger charge is 2.37. The molecule has 1 fully saturated rings. The summed E-state index contributed by atoms with van der Waals surface area (Å²) in [6, 6.07) is 4.23. The minimum atomic E-state index is -4.42. The van der Waals surface area contributed by atoms with Crippen molar-refractivity contribution in [2.45, 2.75) is 37.9 Å². The molecule has 2 aliphatic heterocycles. The van der Waals surface area contributed by atoms with E-state index in [4.69, 9.17) is 0 Å². The fraction of sp³-hybridized carbons (Fsp3) is 0.474. The summed E-state index contributed by atoms with van der Waals surface area (Å²) in [4.78, 5) is 14.6. The number of rotatable bonds is 2. The largest absolute Gasteiger partial charge is 0.416 e. The van der Waals surface area contributed by atoms with Gasteiger partial charge in [0.05, 0.1) is 23.0 Å². The third kappa shape index (κ3) is 3.45. The van der Waals surface area contributed by atoms with Crippen molar-refractivity contribution < 1.29 is 18.0 Å². The van der Waals surface area contributed by atoms with Gasteiger partial charge in [-0.05, 0) is 43.0 Å². The van der Waals surface area contributed by atoms with E-state index in [-0.39, 0.29) is 23.9 Å². The van der Waals surface area contributed by atoms with Crippen molar-refractivity contribution in [1.29, 1.82) is 0 Å². The van der Waals surface area contributed by atoms with Crippen LogP contribution in [0.25, 0.3) is 0 Å². The highest BCUT2D eigenvalue weighted by atomic mass is 19.4. The minimum Gasteiger partial charge on any atom is -0.334 e. The lowest BCUT2D eigenvalue weighted by Gasteiger charge is -2.31. The quantitative estimate of drug-likeness (QED) is 0.844.